The third-order valence-electron chi connectivity index (χ3n) is 2.50. The molecule has 1 aromatic carbocycles. The van der Waals surface area contributed by atoms with Gasteiger partial charge in [-0.2, -0.15) is 0 Å². The van der Waals surface area contributed by atoms with Gasteiger partial charge in [-0.05, 0) is 36.2 Å². The molecule has 0 saturated heterocycles. The topological polar surface area (TPSA) is 58.3 Å². The van der Waals surface area contributed by atoms with Crippen molar-refractivity contribution in [2.45, 2.75) is 19.0 Å². The molecule has 0 radical (unpaired) electrons. The van der Waals surface area contributed by atoms with Crippen molar-refractivity contribution in [2.75, 3.05) is 6.54 Å². The number of nitrogens with one attached hydrogen (secondary N) is 1. The van der Waals surface area contributed by atoms with E-state index < -0.39 is 0 Å². The molecule has 1 atom stereocenters. The smallest absolute Gasteiger partial charge is 0.115 e. The Hall–Kier alpha value is -1.06. The summed E-state index contributed by atoms with van der Waals surface area (Å²) in [6, 6.07) is 5.85. The second kappa shape index (κ2) is 3.36. The number of fused-ring (bicyclic) bond motifs is 1. The SMILES string of the molecule is NCCC1NCc2ccc(O)cc21. The number of hydrogen-bond donors (Lipinski definition) is 3. The number of phenols is 1. The van der Waals surface area contributed by atoms with Gasteiger partial charge in [-0.15, -0.1) is 0 Å². The highest BCUT2D eigenvalue weighted by molar-refractivity contribution is 5.39. The number of benzene rings is 1. The Morgan fingerprint density at radius 1 is 1.54 bits per heavy atom. The molecule has 0 fully saturated rings. The molecular weight excluding hydrogens is 164 g/mol. The molecular formula is C10H14N2O. The highest BCUT2D eigenvalue weighted by Gasteiger charge is 2.20. The van der Waals surface area contributed by atoms with Crippen molar-refractivity contribution in [1.29, 1.82) is 0 Å². The molecule has 0 aliphatic carbocycles. The minimum atomic E-state index is 0.326. The predicted molar refractivity (Wildman–Crippen MR) is 51.4 cm³/mol. The summed E-state index contributed by atoms with van der Waals surface area (Å²) in [6.07, 6.45) is 0.927. The van der Waals surface area contributed by atoms with E-state index in [0.717, 1.165) is 13.0 Å². The fourth-order valence-electron chi connectivity index (χ4n) is 1.84. The van der Waals surface area contributed by atoms with Crippen molar-refractivity contribution in [3.8, 4) is 5.75 Å². The van der Waals surface area contributed by atoms with Gasteiger partial charge < -0.3 is 16.2 Å². The van der Waals surface area contributed by atoms with Gasteiger partial charge in [0.1, 0.15) is 5.75 Å². The summed E-state index contributed by atoms with van der Waals surface area (Å²) in [6.45, 7) is 1.56. The first kappa shape index (κ1) is 8.53. The third-order valence-corrected chi connectivity index (χ3v) is 2.50. The Labute approximate surface area is 77.6 Å². The maximum Gasteiger partial charge on any atom is 0.115 e. The van der Waals surface area contributed by atoms with Crippen LogP contribution in [0, 0.1) is 0 Å². The van der Waals surface area contributed by atoms with Gasteiger partial charge in [0.15, 0.2) is 0 Å². The molecule has 3 heteroatoms. The molecule has 0 bridgehead atoms. The molecule has 1 heterocycles. The van der Waals surface area contributed by atoms with Crippen LogP contribution >= 0.6 is 0 Å². The Morgan fingerprint density at radius 3 is 3.15 bits per heavy atom. The largest absolute Gasteiger partial charge is 0.508 e. The van der Waals surface area contributed by atoms with E-state index in [0.29, 0.717) is 18.3 Å². The fourth-order valence-corrected chi connectivity index (χ4v) is 1.84. The van der Waals surface area contributed by atoms with Crippen molar-refractivity contribution < 1.29 is 5.11 Å². The van der Waals surface area contributed by atoms with Crippen LogP contribution in [0.3, 0.4) is 0 Å². The van der Waals surface area contributed by atoms with E-state index in [4.69, 9.17) is 5.73 Å². The first-order valence-corrected chi connectivity index (χ1v) is 4.56. The minimum Gasteiger partial charge on any atom is -0.508 e. The van der Waals surface area contributed by atoms with Crippen LogP contribution in [-0.2, 0) is 6.54 Å². The maximum absolute atomic E-state index is 9.32. The first-order valence-electron chi connectivity index (χ1n) is 4.56. The molecule has 1 unspecified atom stereocenters. The normalized spacial score (nSPS) is 20.2. The number of rotatable bonds is 2. The Morgan fingerprint density at radius 2 is 2.38 bits per heavy atom. The lowest BCUT2D eigenvalue weighted by Crippen LogP contribution is -2.16. The van der Waals surface area contributed by atoms with E-state index in [1.165, 1.54) is 11.1 Å². The molecule has 0 amide bonds. The number of nitrogens with two attached hydrogens (primary N) is 1. The van der Waals surface area contributed by atoms with Gasteiger partial charge in [-0.1, -0.05) is 6.07 Å². The number of hydrogen-bond acceptors (Lipinski definition) is 3. The zero-order chi connectivity index (χ0) is 9.26. The van der Waals surface area contributed by atoms with Crippen LogP contribution in [0.1, 0.15) is 23.6 Å². The van der Waals surface area contributed by atoms with E-state index >= 15 is 0 Å². The lowest BCUT2D eigenvalue weighted by Gasteiger charge is -2.10. The summed E-state index contributed by atoms with van der Waals surface area (Å²) < 4.78 is 0. The van der Waals surface area contributed by atoms with E-state index in [2.05, 4.69) is 5.32 Å². The zero-order valence-corrected chi connectivity index (χ0v) is 7.46. The first-order chi connectivity index (χ1) is 6.31. The second-order valence-electron chi connectivity index (χ2n) is 3.39. The molecule has 70 valence electrons. The van der Waals surface area contributed by atoms with Gasteiger partial charge in [-0.25, -0.2) is 0 Å². The van der Waals surface area contributed by atoms with Gasteiger partial charge in [0.05, 0.1) is 0 Å². The van der Waals surface area contributed by atoms with Gasteiger partial charge >= 0.3 is 0 Å². The molecule has 0 spiro atoms. The minimum absolute atomic E-state index is 0.326. The van der Waals surface area contributed by atoms with Crippen molar-refractivity contribution in [1.82, 2.24) is 5.32 Å². The zero-order valence-electron chi connectivity index (χ0n) is 7.46. The molecule has 1 aliphatic rings. The maximum atomic E-state index is 9.32. The van der Waals surface area contributed by atoms with E-state index in [9.17, 15) is 5.11 Å². The Kier molecular flexibility index (Phi) is 2.20. The van der Waals surface area contributed by atoms with Crippen molar-refractivity contribution in [3.05, 3.63) is 29.3 Å². The van der Waals surface area contributed by atoms with Crippen LogP contribution in [0.2, 0.25) is 0 Å². The van der Waals surface area contributed by atoms with Crippen LogP contribution in [0.25, 0.3) is 0 Å². The lowest BCUT2D eigenvalue weighted by molar-refractivity contribution is 0.472. The molecule has 1 aromatic rings. The van der Waals surface area contributed by atoms with Crippen molar-refractivity contribution in [2.24, 2.45) is 5.73 Å². The van der Waals surface area contributed by atoms with Gasteiger partial charge in [0.25, 0.3) is 0 Å². The summed E-state index contributed by atoms with van der Waals surface area (Å²) >= 11 is 0. The molecule has 0 saturated carbocycles. The quantitative estimate of drug-likeness (QED) is 0.630. The van der Waals surface area contributed by atoms with Gasteiger partial charge in [0, 0.05) is 12.6 Å². The molecule has 0 aromatic heterocycles. The monoisotopic (exact) mass is 178 g/mol. The van der Waals surface area contributed by atoms with E-state index in [1.807, 2.05) is 12.1 Å². The Bertz CT molecular complexity index is 310. The van der Waals surface area contributed by atoms with Crippen LogP contribution < -0.4 is 11.1 Å². The summed E-state index contributed by atoms with van der Waals surface area (Å²) in [7, 11) is 0. The fraction of sp³-hybridized carbons (Fsp3) is 0.400. The molecule has 13 heavy (non-hydrogen) atoms. The summed E-state index contributed by atoms with van der Waals surface area (Å²) in [5.74, 6) is 0.337. The molecule has 2 rings (SSSR count). The van der Waals surface area contributed by atoms with E-state index in [1.54, 1.807) is 6.07 Å². The third kappa shape index (κ3) is 1.53. The van der Waals surface area contributed by atoms with Crippen LogP contribution in [0.4, 0.5) is 0 Å². The van der Waals surface area contributed by atoms with Crippen molar-refractivity contribution >= 4 is 0 Å². The summed E-state index contributed by atoms with van der Waals surface area (Å²) in [5, 5.41) is 12.7. The summed E-state index contributed by atoms with van der Waals surface area (Å²) in [4.78, 5) is 0. The molecule has 3 nitrogen and oxygen atoms in total. The number of phenolic OH excluding ortho intramolecular Hbond substituents is 1. The second-order valence-corrected chi connectivity index (χ2v) is 3.39. The van der Waals surface area contributed by atoms with Crippen LogP contribution in [0.5, 0.6) is 5.75 Å². The Balaban J connectivity index is 2.29. The van der Waals surface area contributed by atoms with Gasteiger partial charge in [-0.3, -0.25) is 0 Å². The van der Waals surface area contributed by atoms with Crippen LogP contribution in [-0.4, -0.2) is 11.7 Å². The van der Waals surface area contributed by atoms with Crippen LogP contribution in [0.15, 0.2) is 18.2 Å². The average Bonchev–Trinajstić information content (AvgIpc) is 2.49. The summed E-state index contributed by atoms with van der Waals surface area (Å²) in [5.41, 5.74) is 7.97. The predicted octanol–water partition coefficient (Wildman–Crippen LogP) is 0.885. The van der Waals surface area contributed by atoms with Gasteiger partial charge in [0.2, 0.25) is 0 Å². The van der Waals surface area contributed by atoms with Crippen molar-refractivity contribution in [3.63, 3.8) is 0 Å². The molecule has 1 aliphatic heterocycles. The average molecular weight is 178 g/mol. The van der Waals surface area contributed by atoms with E-state index in [-0.39, 0.29) is 0 Å². The highest BCUT2D eigenvalue weighted by atomic mass is 16.3. The standard InChI is InChI=1S/C10H14N2O/c11-4-3-10-9-5-8(13)2-1-7(9)6-12-10/h1-2,5,10,12-13H,3-4,6,11H2. The lowest BCUT2D eigenvalue weighted by atomic mass is 10.0. The molecule has 4 N–H and O–H groups in total. The number of aromatic hydroxyl groups is 1. The highest BCUT2D eigenvalue weighted by Crippen LogP contribution is 2.29.